The zero-order valence-corrected chi connectivity index (χ0v) is 11.5. The molecule has 0 aliphatic carbocycles. The van der Waals surface area contributed by atoms with Crippen molar-refractivity contribution in [2.24, 2.45) is 0 Å². The highest BCUT2D eigenvalue weighted by molar-refractivity contribution is 5.94. The van der Waals surface area contributed by atoms with E-state index in [2.05, 4.69) is 15.5 Å². The molecule has 5 heteroatoms. The molecule has 1 saturated heterocycles. The number of nitrogens with one attached hydrogen (secondary N) is 2. The van der Waals surface area contributed by atoms with Gasteiger partial charge in [0.2, 0.25) is 0 Å². The Hall–Kier alpha value is -1.43. The SMILES string of the molecule is CN(C)Cc1ccc(NC(=O)C2CNCCO2)cc1. The van der Waals surface area contributed by atoms with E-state index in [9.17, 15) is 4.79 Å². The molecule has 1 amide bonds. The number of nitrogens with zero attached hydrogens (tertiary/aromatic N) is 1. The molecule has 0 bridgehead atoms. The summed E-state index contributed by atoms with van der Waals surface area (Å²) in [6.45, 7) is 2.86. The van der Waals surface area contributed by atoms with E-state index in [4.69, 9.17) is 4.74 Å². The second-order valence-corrected chi connectivity index (χ2v) is 4.99. The van der Waals surface area contributed by atoms with Crippen LogP contribution in [0.25, 0.3) is 0 Å². The van der Waals surface area contributed by atoms with Gasteiger partial charge in [0.1, 0.15) is 6.10 Å². The van der Waals surface area contributed by atoms with Crippen molar-refractivity contribution in [3.05, 3.63) is 29.8 Å². The highest BCUT2D eigenvalue weighted by Gasteiger charge is 2.21. The fourth-order valence-electron chi connectivity index (χ4n) is 2.02. The van der Waals surface area contributed by atoms with Crippen molar-refractivity contribution in [1.82, 2.24) is 10.2 Å². The van der Waals surface area contributed by atoms with Crippen LogP contribution in [0.15, 0.2) is 24.3 Å². The summed E-state index contributed by atoms with van der Waals surface area (Å²) in [4.78, 5) is 14.1. The van der Waals surface area contributed by atoms with E-state index in [-0.39, 0.29) is 5.91 Å². The Labute approximate surface area is 113 Å². The number of morpholine rings is 1. The average molecular weight is 263 g/mol. The molecule has 2 N–H and O–H groups in total. The molecule has 1 unspecified atom stereocenters. The van der Waals surface area contributed by atoms with E-state index in [0.29, 0.717) is 13.2 Å². The van der Waals surface area contributed by atoms with Gasteiger partial charge < -0.3 is 20.3 Å². The zero-order valence-electron chi connectivity index (χ0n) is 11.5. The lowest BCUT2D eigenvalue weighted by atomic mass is 10.2. The highest BCUT2D eigenvalue weighted by Crippen LogP contribution is 2.11. The lowest BCUT2D eigenvalue weighted by molar-refractivity contribution is -0.128. The number of benzene rings is 1. The predicted molar refractivity (Wildman–Crippen MR) is 75.1 cm³/mol. The normalized spacial score (nSPS) is 19.4. The molecule has 5 nitrogen and oxygen atoms in total. The van der Waals surface area contributed by atoms with Crippen molar-refractivity contribution in [3.8, 4) is 0 Å². The standard InChI is InChI=1S/C14H21N3O2/c1-17(2)10-11-3-5-12(6-4-11)16-14(18)13-9-15-7-8-19-13/h3-6,13,15H,7-10H2,1-2H3,(H,16,18). The van der Waals surface area contributed by atoms with Gasteiger partial charge in [0, 0.05) is 25.3 Å². The third-order valence-electron chi connectivity index (χ3n) is 2.94. The smallest absolute Gasteiger partial charge is 0.254 e. The van der Waals surface area contributed by atoms with Crippen LogP contribution in [0.4, 0.5) is 5.69 Å². The van der Waals surface area contributed by atoms with Crippen molar-refractivity contribution in [2.45, 2.75) is 12.6 Å². The van der Waals surface area contributed by atoms with Gasteiger partial charge in [-0.2, -0.15) is 0 Å². The largest absolute Gasteiger partial charge is 0.366 e. The first-order valence-corrected chi connectivity index (χ1v) is 6.52. The van der Waals surface area contributed by atoms with Gasteiger partial charge in [-0.15, -0.1) is 0 Å². The van der Waals surface area contributed by atoms with E-state index in [0.717, 1.165) is 18.8 Å². The van der Waals surface area contributed by atoms with Gasteiger partial charge >= 0.3 is 0 Å². The minimum atomic E-state index is -0.393. The topological polar surface area (TPSA) is 53.6 Å². The van der Waals surface area contributed by atoms with Crippen molar-refractivity contribution < 1.29 is 9.53 Å². The molecule has 2 rings (SSSR count). The van der Waals surface area contributed by atoms with Crippen LogP contribution in [0, 0.1) is 0 Å². The maximum Gasteiger partial charge on any atom is 0.254 e. The van der Waals surface area contributed by atoms with E-state index < -0.39 is 6.10 Å². The van der Waals surface area contributed by atoms with Crippen molar-refractivity contribution in [3.63, 3.8) is 0 Å². The van der Waals surface area contributed by atoms with Crippen LogP contribution in [0.5, 0.6) is 0 Å². The average Bonchev–Trinajstić information content (AvgIpc) is 2.41. The molecular formula is C14H21N3O2. The first-order valence-electron chi connectivity index (χ1n) is 6.52. The van der Waals surface area contributed by atoms with Crippen LogP contribution in [-0.4, -0.2) is 50.7 Å². The Balaban J connectivity index is 1.89. The lowest BCUT2D eigenvalue weighted by Gasteiger charge is -2.22. The Morgan fingerprint density at radius 2 is 2.16 bits per heavy atom. The molecule has 0 saturated carbocycles. The Morgan fingerprint density at radius 3 is 2.74 bits per heavy atom. The van der Waals surface area contributed by atoms with Gasteiger partial charge in [0.25, 0.3) is 5.91 Å². The summed E-state index contributed by atoms with van der Waals surface area (Å²) in [5.74, 6) is -0.0902. The molecular weight excluding hydrogens is 242 g/mol. The number of ether oxygens (including phenoxy) is 1. The van der Waals surface area contributed by atoms with Crippen molar-refractivity contribution in [2.75, 3.05) is 39.1 Å². The maximum atomic E-state index is 11.9. The van der Waals surface area contributed by atoms with Crippen LogP contribution in [0.1, 0.15) is 5.56 Å². The predicted octanol–water partition coefficient (Wildman–Crippen LogP) is 0.675. The molecule has 1 aliphatic rings. The molecule has 1 aromatic carbocycles. The summed E-state index contributed by atoms with van der Waals surface area (Å²) in [5, 5.41) is 6.02. The maximum absolute atomic E-state index is 11.9. The monoisotopic (exact) mass is 263 g/mol. The molecule has 104 valence electrons. The van der Waals surface area contributed by atoms with Gasteiger partial charge in [-0.3, -0.25) is 4.79 Å². The zero-order chi connectivity index (χ0) is 13.7. The van der Waals surface area contributed by atoms with Gasteiger partial charge in [-0.05, 0) is 31.8 Å². The van der Waals surface area contributed by atoms with E-state index in [1.54, 1.807) is 0 Å². The molecule has 1 aliphatic heterocycles. The number of carbonyl (C=O) groups is 1. The van der Waals surface area contributed by atoms with Gasteiger partial charge in [-0.1, -0.05) is 12.1 Å². The summed E-state index contributed by atoms with van der Waals surface area (Å²) >= 11 is 0. The molecule has 19 heavy (non-hydrogen) atoms. The molecule has 1 fully saturated rings. The highest BCUT2D eigenvalue weighted by atomic mass is 16.5. The van der Waals surface area contributed by atoms with E-state index in [1.165, 1.54) is 5.56 Å². The van der Waals surface area contributed by atoms with Crippen molar-refractivity contribution in [1.29, 1.82) is 0 Å². The van der Waals surface area contributed by atoms with Gasteiger partial charge in [-0.25, -0.2) is 0 Å². The number of hydrogen-bond donors (Lipinski definition) is 2. The molecule has 0 aromatic heterocycles. The molecule has 0 spiro atoms. The number of amides is 1. The molecule has 1 atom stereocenters. The van der Waals surface area contributed by atoms with Crippen LogP contribution < -0.4 is 10.6 Å². The van der Waals surface area contributed by atoms with Crippen LogP contribution in [0.3, 0.4) is 0 Å². The summed E-state index contributed by atoms with van der Waals surface area (Å²) in [6.07, 6.45) is -0.393. The number of carbonyl (C=O) groups excluding carboxylic acids is 1. The van der Waals surface area contributed by atoms with E-state index >= 15 is 0 Å². The second-order valence-electron chi connectivity index (χ2n) is 4.99. The van der Waals surface area contributed by atoms with Crippen molar-refractivity contribution >= 4 is 11.6 Å². The Kier molecular flexibility index (Phi) is 4.90. The minimum Gasteiger partial charge on any atom is -0.366 e. The van der Waals surface area contributed by atoms with Gasteiger partial charge in [0.15, 0.2) is 0 Å². The second kappa shape index (κ2) is 6.65. The number of hydrogen-bond acceptors (Lipinski definition) is 4. The first-order chi connectivity index (χ1) is 9.15. The number of anilines is 1. The summed E-state index contributed by atoms with van der Waals surface area (Å²) in [7, 11) is 4.06. The fraction of sp³-hybridized carbons (Fsp3) is 0.500. The fourth-order valence-corrected chi connectivity index (χ4v) is 2.02. The number of rotatable bonds is 4. The minimum absolute atomic E-state index is 0.0902. The van der Waals surface area contributed by atoms with Crippen LogP contribution in [-0.2, 0) is 16.1 Å². The molecule has 1 heterocycles. The molecule has 1 aromatic rings. The van der Waals surface area contributed by atoms with Crippen LogP contribution in [0.2, 0.25) is 0 Å². The first kappa shape index (κ1) is 14.0. The summed E-state index contributed by atoms with van der Waals surface area (Å²) < 4.78 is 5.41. The Bertz CT molecular complexity index is 411. The molecule has 0 radical (unpaired) electrons. The summed E-state index contributed by atoms with van der Waals surface area (Å²) in [5.41, 5.74) is 2.03. The Morgan fingerprint density at radius 1 is 1.42 bits per heavy atom. The van der Waals surface area contributed by atoms with Crippen LogP contribution >= 0.6 is 0 Å². The third-order valence-corrected chi connectivity index (χ3v) is 2.94. The lowest BCUT2D eigenvalue weighted by Crippen LogP contribution is -2.45. The van der Waals surface area contributed by atoms with Gasteiger partial charge in [0.05, 0.1) is 6.61 Å². The van der Waals surface area contributed by atoms with E-state index in [1.807, 2.05) is 38.4 Å². The third kappa shape index (κ3) is 4.31. The quantitative estimate of drug-likeness (QED) is 0.838. The summed E-state index contributed by atoms with van der Waals surface area (Å²) in [6, 6.07) is 7.89.